The van der Waals surface area contributed by atoms with E-state index < -0.39 is 31.6 Å². The monoisotopic (exact) mass is 434 g/mol. The number of aryl methyl sites for hydroxylation is 1. The van der Waals surface area contributed by atoms with E-state index >= 15 is 0 Å². The van der Waals surface area contributed by atoms with E-state index in [0.29, 0.717) is 25.9 Å². The van der Waals surface area contributed by atoms with Crippen LogP contribution in [0.15, 0.2) is 52.7 Å². The van der Waals surface area contributed by atoms with E-state index in [1.165, 1.54) is 17.4 Å². The fourth-order valence-corrected chi connectivity index (χ4v) is 6.36. The van der Waals surface area contributed by atoms with Gasteiger partial charge in [-0.3, -0.25) is 0 Å². The summed E-state index contributed by atoms with van der Waals surface area (Å²) >= 11 is 1.51. The summed E-state index contributed by atoms with van der Waals surface area (Å²) < 4.78 is 53.6. The first-order valence-electron chi connectivity index (χ1n) is 9.31. The van der Waals surface area contributed by atoms with Gasteiger partial charge in [-0.1, -0.05) is 29.8 Å². The molecule has 29 heavy (non-hydrogen) atoms. The summed E-state index contributed by atoms with van der Waals surface area (Å²) in [6.45, 7) is 2.97. The van der Waals surface area contributed by atoms with Crippen LogP contribution in [-0.4, -0.2) is 31.7 Å². The van der Waals surface area contributed by atoms with Gasteiger partial charge < -0.3 is 4.90 Å². The maximum atomic E-state index is 14.0. The average Bonchev–Trinajstić information content (AvgIpc) is 3.18. The molecule has 1 aliphatic rings. The molecule has 0 amide bonds. The van der Waals surface area contributed by atoms with Gasteiger partial charge in [-0.15, -0.1) is 11.3 Å². The van der Waals surface area contributed by atoms with Crippen molar-refractivity contribution in [2.75, 3.05) is 18.0 Å². The van der Waals surface area contributed by atoms with Gasteiger partial charge in [-0.2, -0.15) is 0 Å². The molecule has 0 saturated carbocycles. The Morgan fingerprint density at radius 1 is 1.07 bits per heavy atom. The molecule has 0 unspecified atom stereocenters. The van der Waals surface area contributed by atoms with Crippen LogP contribution in [0.4, 0.5) is 13.9 Å². The van der Waals surface area contributed by atoms with Gasteiger partial charge in [0.1, 0.15) is 16.5 Å². The second-order valence-corrected chi connectivity index (χ2v) is 10.2. The second-order valence-electron chi connectivity index (χ2n) is 7.17. The number of piperidine rings is 1. The predicted molar refractivity (Wildman–Crippen MR) is 111 cm³/mol. The first kappa shape index (κ1) is 20.0. The average molecular weight is 435 g/mol. The zero-order valence-corrected chi connectivity index (χ0v) is 17.4. The lowest BCUT2D eigenvalue weighted by Gasteiger charge is -2.31. The third kappa shape index (κ3) is 3.91. The Morgan fingerprint density at radius 2 is 1.72 bits per heavy atom. The summed E-state index contributed by atoms with van der Waals surface area (Å²) in [7, 11) is -4.07. The molecule has 0 spiro atoms. The summed E-state index contributed by atoms with van der Waals surface area (Å²) in [6.07, 6.45) is 0.602. The summed E-state index contributed by atoms with van der Waals surface area (Å²) in [4.78, 5) is 5.92. The highest BCUT2D eigenvalue weighted by atomic mass is 32.2. The number of thiazole rings is 1. The standard InChI is InChI=1S/C21H20F2N2O2S2/c1-14-4-2-5-15(12-14)19-13-28-21(24-19)25-10-8-16(9-11-25)29(26,27)20-17(22)6-3-7-18(20)23/h2-7,12-13,16H,8-11H2,1H3. The van der Waals surface area contributed by atoms with Gasteiger partial charge in [0.05, 0.1) is 10.9 Å². The van der Waals surface area contributed by atoms with Crippen molar-refractivity contribution in [1.82, 2.24) is 4.98 Å². The molecule has 0 radical (unpaired) electrons. The van der Waals surface area contributed by atoms with Gasteiger partial charge in [0.15, 0.2) is 15.0 Å². The van der Waals surface area contributed by atoms with E-state index in [9.17, 15) is 17.2 Å². The molecular formula is C21H20F2N2O2S2. The van der Waals surface area contributed by atoms with Crippen molar-refractivity contribution in [2.24, 2.45) is 0 Å². The Morgan fingerprint density at radius 3 is 2.38 bits per heavy atom. The maximum absolute atomic E-state index is 14.0. The molecule has 0 atom stereocenters. The molecular weight excluding hydrogens is 414 g/mol. The molecule has 4 rings (SSSR count). The number of sulfone groups is 1. The molecule has 1 fully saturated rings. The lowest BCUT2D eigenvalue weighted by Crippen LogP contribution is -2.39. The van der Waals surface area contributed by atoms with Crippen LogP contribution in [0.3, 0.4) is 0 Å². The normalized spacial score (nSPS) is 15.6. The summed E-state index contributed by atoms with van der Waals surface area (Å²) in [5, 5.41) is 2.01. The Kier molecular flexibility index (Phi) is 5.40. The van der Waals surface area contributed by atoms with Crippen molar-refractivity contribution in [2.45, 2.75) is 29.9 Å². The third-order valence-corrected chi connectivity index (χ3v) is 8.37. The van der Waals surface area contributed by atoms with Crippen LogP contribution in [0.2, 0.25) is 0 Å². The van der Waals surface area contributed by atoms with E-state index in [4.69, 9.17) is 4.98 Å². The molecule has 0 N–H and O–H groups in total. The Balaban J connectivity index is 1.49. The van der Waals surface area contributed by atoms with E-state index in [1.807, 2.05) is 35.4 Å². The smallest absolute Gasteiger partial charge is 0.187 e. The van der Waals surface area contributed by atoms with Gasteiger partial charge in [-0.05, 0) is 38.0 Å². The maximum Gasteiger partial charge on any atom is 0.187 e. The lowest BCUT2D eigenvalue weighted by atomic mass is 10.1. The first-order chi connectivity index (χ1) is 13.9. The topological polar surface area (TPSA) is 50.3 Å². The summed E-state index contributed by atoms with van der Waals surface area (Å²) in [5.74, 6) is -2.06. The largest absolute Gasteiger partial charge is 0.348 e. The van der Waals surface area contributed by atoms with Crippen LogP contribution >= 0.6 is 11.3 Å². The van der Waals surface area contributed by atoms with Crippen molar-refractivity contribution in [3.63, 3.8) is 0 Å². The highest BCUT2D eigenvalue weighted by molar-refractivity contribution is 7.92. The Bertz CT molecular complexity index is 1120. The zero-order chi connectivity index (χ0) is 20.6. The van der Waals surface area contributed by atoms with Crippen LogP contribution in [0.25, 0.3) is 11.3 Å². The highest BCUT2D eigenvalue weighted by Gasteiger charge is 2.35. The SMILES string of the molecule is Cc1cccc(-c2csc(N3CCC(S(=O)(=O)c4c(F)cccc4F)CC3)n2)c1. The van der Waals surface area contributed by atoms with Crippen molar-refractivity contribution < 1.29 is 17.2 Å². The zero-order valence-electron chi connectivity index (χ0n) is 15.8. The van der Waals surface area contributed by atoms with Gasteiger partial charge >= 0.3 is 0 Å². The minimum atomic E-state index is -4.07. The Hall–Kier alpha value is -2.32. The van der Waals surface area contributed by atoms with E-state index in [1.54, 1.807) is 0 Å². The highest BCUT2D eigenvalue weighted by Crippen LogP contribution is 2.33. The Labute approximate surface area is 172 Å². The molecule has 3 aromatic rings. The summed E-state index contributed by atoms with van der Waals surface area (Å²) in [5.41, 5.74) is 3.08. The summed E-state index contributed by atoms with van der Waals surface area (Å²) in [6, 6.07) is 11.2. The van der Waals surface area contributed by atoms with Crippen molar-refractivity contribution in [3.05, 3.63) is 65.0 Å². The predicted octanol–water partition coefficient (Wildman–Crippen LogP) is 4.84. The molecule has 0 bridgehead atoms. The molecule has 1 aromatic heterocycles. The molecule has 1 aliphatic heterocycles. The first-order valence-corrected chi connectivity index (χ1v) is 11.7. The number of anilines is 1. The van der Waals surface area contributed by atoms with E-state index in [2.05, 4.69) is 6.07 Å². The number of aromatic nitrogens is 1. The van der Waals surface area contributed by atoms with Gasteiger partial charge in [-0.25, -0.2) is 22.2 Å². The molecule has 1 saturated heterocycles. The second kappa shape index (κ2) is 7.84. The third-order valence-electron chi connectivity index (χ3n) is 5.16. The fraction of sp³-hybridized carbons (Fsp3) is 0.286. The molecule has 4 nitrogen and oxygen atoms in total. The van der Waals surface area contributed by atoms with Crippen LogP contribution in [-0.2, 0) is 9.84 Å². The molecule has 2 heterocycles. The van der Waals surface area contributed by atoms with Gasteiger partial charge in [0.25, 0.3) is 0 Å². The van der Waals surface area contributed by atoms with Crippen LogP contribution < -0.4 is 4.90 Å². The molecule has 8 heteroatoms. The molecule has 152 valence electrons. The van der Waals surface area contributed by atoms with E-state index in [-0.39, 0.29) is 0 Å². The van der Waals surface area contributed by atoms with Crippen molar-refractivity contribution >= 4 is 26.3 Å². The number of hydrogen-bond donors (Lipinski definition) is 0. The van der Waals surface area contributed by atoms with Gasteiger partial charge in [0.2, 0.25) is 0 Å². The van der Waals surface area contributed by atoms with Crippen LogP contribution in [0.1, 0.15) is 18.4 Å². The fourth-order valence-electron chi connectivity index (χ4n) is 3.62. The number of rotatable bonds is 4. The van der Waals surface area contributed by atoms with Crippen LogP contribution in [0, 0.1) is 18.6 Å². The van der Waals surface area contributed by atoms with E-state index in [0.717, 1.165) is 34.1 Å². The van der Waals surface area contributed by atoms with Crippen molar-refractivity contribution in [1.29, 1.82) is 0 Å². The number of nitrogens with zero attached hydrogens (tertiary/aromatic N) is 2. The quantitative estimate of drug-likeness (QED) is 0.590. The van der Waals surface area contributed by atoms with Crippen molar-refractivity contribution in [3.8, 4) is 11.3 Å². The lowest BCUT2D eigenvalue weighted by molar-refractivity contribution is 0.497. The molecule has 0 aliphatic carbocycles. The minimum absolute atomic E-state index is 0.301. The van der Waals surface area contributed by atoms with Crippen LogP contribution in [0.5, 0.6) is 0 Å². The number of hydrogen-bond acceptors (Lipinski definition) is 5. The molecule has 2 aromatic carbocycles. The number of halogens is 2. The minimum Gasteiger partial charge on any atom is -0.348 e. The number of benzene rings is 2. The van der Waals surface area contributed by atoms with Gasteiger partial charge in [0, 0.05) is 24.0 Å².